The summed E-state index contributed by atoms with van der Waals surface area (Å²) in [7, 11) is 0. The van der Waals surface area contributed by atoms with E-state index in [1.807, 2.05) is 37.3 Å². The molecule has 0 heterocycles. The van der Waals surface area contributed by atoms with Crippen LogP contribution in [0.5, 0.6) is 0 Å². The Hall–Kier alpha value is -2.69. The summed E-state index contributed by atoms with van der Waals surface area (Å²) in [6.45, 7) is 2.93. The second kappa shape index (κ2) is 7.54. The Kier molecular flexibility index (Phi) is 5.46. The Morgan fingerprint density at radius 3 is 2.30 bits per heavy atom. The molecule has 0 saturated carbocycles. The van der Waals surface area contributed by atoms with E-state index in [1.165, 1.54) is 25.1 Å². The van der Waals surface area contributed by atoms with Crippen LogP contribution in [0.15, 0.2) is 54.6 Å². The summed E-state index contributed by atoms with van der Waals surface area (Å²) in [4.78, 5) is 25.1. The Bertz CT molecular complexity index is 688. The van der Waals surface area contributed by atoms with E-state index < -0.39 is 11.7 Å². The summed E-state index contributed by atoms with van der Waals surface area (Å²) < 4.78 is 13.9. The first-order valence-corrected chi connectivity index (χ1v) is 7.36. The Balaban J connectivity index is 2.07. The molecule has 0 aliphatic carbocycles. The molecule has 120 valence electrons. The number of anilines is 1. The first-order chi connectivity index (χ1) is 11.0. The summed E-state index contributed by atoms with van der Waals surface area (Å²) in [5.41, 5.74) is 1.06. The van der Waals surface area contributed by atoms with E-state index in [4.69, 9.17) is 0 Å². The molecule has 2 aromatic carbocycles. The number of nitrogens with zero attached hydrogens (tertiary/aromatic N) is 1. The third-order valence-corrected chi connectivity index (χ3v) is 3.50. The number of amides is 2. The quantitative estimate of drug-likeness (QED) is 0.922. The molecule has 0 bridgehead atoms. The van der Waals surface area contributed by atoms with Gasteiger partial charge in [-0.2, -0.15) is 0 Å². The van der Waals surface area contributed by atoms with Gasteiger partial charge in [-0.05, 0) is 24.6 Å². The first-order valence-electron chi connectivity index (χ1n) is 7.36. The Morgan fingerprint density at radius 1 is 1.09 bits per heavy atom. The van der Waals surface area contributed by atoms with Crippen LogP contribution in [0.25, 0.3) is 0 Å². The summed E-state index contributed by atoms with van der Waals surface area (Å²) >= 11 is 0. The molecule has 0 spiro atoms. The van der Waals surface area contributed by atoms with Crippen LogP contribution in [0, 0.1) is 5.82 Å². The molecule has 2 rings (SSSR count). The number of benzene rings is 2. The molecule has 2 aromatic rings. The van der Waals surface area contributed by atoms with Gasteiger partial charge in [0.2, 0.25) is 11.8 Å². The molecule has 0 fully saturated rings. The van der Waals surface area contributed by atoms with Gasteiger partial charge in [0.05, 0.1) is 11.7 Å². The number of nitrogens with one attached hydrogen (secondary N) is 1. The third-order valence-electron chi connectivity index (χ3n) is 3.50. The highest BCUT2D eigenvalue weighted by Crippen LogP contribution is 2.19. The van der Waals surface area contributed by atoms with Crippen molar-refractivity contribution in [1.82, 2.24) is 5.32 Å². The second-order valence-corrected chi connectivity index (χ2v) is 5.26. The minimum Gasteiger partial charge on any atom is -0.348 e. The highest BCUT2D eigenvalue weighted by atomic mass is 19.1. The van der Waals surface area contributed by atoms with E-state index in [0.717, 1.165) is 10.5 Å². The van der Waals surface area contributed by atoms with E-state index >= 15 is 0 Å². The Labute approximate surface area is 134 Å². The van der Waals surface area contributed by atoms with Crippen LogP contribution >= 0.6 is 0 Å². The van der Waals surface area contributed by atoms with Crippen molar-refractivity contribution in [3.05, 3.63) is 66.0 Å². The highest BCUT2D eigenvalue weighted by molar-refractivity contribution is 5.97. The first kappa shape index (κ1) is 16.7. The van der Waals surface area contributed by atoms with Crippen LogP contribution in [-0.4, -0.2) is 18.4 Å². The molecule has 1 N–H and O–H groups in total. The van der Waals surface area contributed by atoms with Crippen molar-refractivity contribution < 1.29 is 14.0 Å². The molecule has 0 aromatic heterocycles. The number of para-hydroxylation sites is 1. The van der Waals surface area contributed by atoms with Crippen LogP contribution in [0.2, 0.25) is 0 Å². The largest absolute Gasteiger partial charge is 0.348 e. The molecule has 0 saturated heterocycles. The molecule has 1 atom stereocenters. The lowest BCUT2D eigenvalue weighted by Crippen LogP contribution is -2.41. The maximum absolute atomic E-state index is 13.9. The summed E-state index contributed by atoms with van der Waals surface area (Å²) in [5, 5.41) is 2.82. The third kappa shape index (κ3) is 4.39. The van der Waals surface area contributed by atoms with Gasteiger partial charge in [-0.15, -0.1) is 0 Å². The van der Waals surface area contributed by atoms with Crippen molar-refractivity contribution in [2.75, 3.05) is 11.4 Å². The highest BCUT2D eigenvalue weighted by Gasteiger charge is 2.19. The molecule has 4 nitrogen and oxygen atoms in total. The maximum atomic E-state index is 13.9. The van der Waals surface area contributed by atoms with Gasteiger partial charge in [0, 0.05) is 6.92 Å². The molecule has 0 radical (unpaired) electrons. The minimum atomic E-state index is -0.536. The average Bonchev–Trinajstić information content (AvgIpc) is 2.54. The van der Waals surface area contributed by atoms with Gasteiger partial charge in [-0.1, -0.05) is 42.5 Å². The molecule has 2 amide bonds. The van der Waals surface area contributed by atoms with Crippen molar-refractivity contribution in [3.63, 3.8) is 0 Å². The van der Waals surface area contributed by atoms with E-state index in [1.54, 1.807) is 6.07 Å². The Morgan fingerprint density at radius 2 is 1.70 bits per heavy atom. The van der Waals surface area contributed by atoms with Crippen molar-refractivity contribution in [3.8, 4) is 0 Å². The summed E-state index contributed by atoms with van der Waals surface area (Å²) in [6, 6.07) is 15.2. The topological polar surface area (TPSA) is 49.4 Å². The number of rotatable bonds is 5. The lowest BCUT2D eigenvalue weighted by atomic mass is 10.1. The zero-order valence-corrected chi connectivity index (χ0v) is 13.1. The predicted octanol–water partition coefficient (Wildman–Crippen LogP) is 3.06. The van der Waals surface area contributed by atoms with Crippen molar-refractivity contribution >= 4 is 17.5 Å². The van der Waals surface area contributed by atoms with Crippen molar-refractivity contribution in [1.29, 1.82) is 0 Å². The average molecular weight is 314 g/mol. The molecule has 0 aliphatic rings. The second-order valence-electron chi connectivity index (χ2n) is 5.26. The lowest BCUT2D eigenvalue weighted by Gasteiger charge is -2.22. The van der Waals surface area contributed by atoms with Gasteiger partial charge >= 0.3 is 0 Å². The van der Waals surface area contributed by atoms with E-state index in [0.29, 0.717) is 0 Å². The number of hydrogen-bond acceptors (Lipinski definition) is 2. The molecular weight excluding hydrogens is 295 g/mol. The van der Waals surface area contributed by atoms with Crippen LogP contribution in [0.4, 0.5) is 10.1 Å². The summed E-state index contributed by atoms with van der Waals surface area (Å²) in [5.74, 6) is -1.27. The van der Waals surface area contributed by atoms with Gasteiger partial charge in [0.1, 0.15) is 12.4 Å². The van der Waals surface area contributed by atoms with E-state index in [2.05, 4.69) is 5.32 Å². The number of hydrogen-bond donors (Lipinski definition) is 1. The number of carbonyl (C=O) groups is 2. The molecular formula is C18H19FN2O2. The zero-order chi connectivity index (χ0) is 16.8. The van der Waals surface area contributed by atoms with Gasteiger partial charge in [-0.3, -0.25) is 9.59 Å². The monoisotopic (exact) mass is 314 g/mol. The van der Waals surface area contributed by atoms with Crippen molar-refractivity contribution in [2.24, 2.45) is 0 Å². The normalized spacial score (nSPS) is 11.6. The lowest BCUT2D eigenvalue weighted by molar-refractivity contribution is -0.123. The van der Waals surface area contributed by atoms with Gasteiger partial charge in [-0.25, -0.2) is 4.39 Å². The fourth-order valence-corrected chi connectivity index (χ4v) is 2.29. The van der Waals surface area contributed by atoms with E-state index in [9.17, 15) is 14.0 Å². The smallest absolute Gasteiger partial charge is 0.240 e. The SMILES string of the molecule is CC(=O)N(CC(=O)NC(C)c1ccccc1)c1ccccc1F. The standard InChI is InChI=1S/C18H19FN2O2/c1-13(15-8-4-3-5-9-15)20-18(23)12-21(14(2)22)17-11-7-6-10-16(17)19/h3-11,13H,12H2,1-2H3,(H,20,23). The van der Waals surface area contributed by atoms with Crippen LogP contribution in [0.1, 0.15) is 25.5 Å². The maximum Gasteiger partial charge on any atom is 0.240 e. The molecule has 0 aliphatic heterocycles. The molecule has 1 unspecified atom stereocenters. The number of halogens is 1. The molecule has 5 heteroatoms. The number of carbonyl (C=O) groups excluding carboxylic acids is 2. The van der Waals surface area contributed by atoms with Crippen LogP contribution < -0.4 is 10.2 Å². The van der Waals surface area contributed by atoms with Crippen molar-refractivity contribution in [2.45, 2.75) is 19.9 Å². The summed E-state index contributed by atoms with van der Waals surface area (Å²) in [6.07, 6.45) is 0. The van der Waals surface area contributed by atoms with Gasteiger partial charge in [0.25, 0.3) is 0 Å². The van der Waals surface area contributed by atoms with Gasteiger partial charge in [0.15, 0.2) is 0 Å². The van der Waals surface area contributed by atoms with Gasteiger partial charge < -0.3 is 10.2 Å². The van der Waals surface area contributed by atoms with Crippen LogP contribution in [-0.2, 0) is 9.59 Å². The van der Waals surface area contributed by atoms with E-state index in [-0.39, 0.29) is 24.2 Å². The zero-order valence-electron chi connectivity index (χ0n) is 13.1. The molecule has 23 heavy (non-hydrogen) atoms. The predicted molar refractivity (Wildman–Crippen MR) is 87.4 cm³/mol. The van der Waals surface area contributed by atoms with Crippen LogP contribution in [0.3, 0.4) is 0 Å². The fourth-order valence-electron chi connectivity index (χ4n) is 2.29. The fraction of sp³-hybridized carbons (Fsp3) is 0.222. The minimum absolute atomic E-state index is 0.0996.